The van der Waals surface area contributed by atoms with E-state index in [1.165, 1.54) is 13.3 Å². The van der Waals surface area contributed by atoms with Crippen molar-refractivity contribution in [1.82, 2.24) is 34.8 Å². The van der Waals surface area contributed by atoms with Crippen molar-refractivity contribution in [3.8, 4) is 5.82 Å². The molecule has 1 saturated heterocycles. The summed E-state index contributed by atoms with van der Waals surface area (Å²) in [4.78, 5) is 20.1. The molecule has 1 amide bonds. The second kappa shape index (κ2) is 8.70. The van der Waals surface area contributed by atoms with Gasteiger partial charge in [0.15, 0.2) is 23.2 Å². The number of halogens is 6. The van der Waals surface area contributed by atoms with E-state index in [1.807, 2.05) is 0 Å². The van der Waals surface area contributed by atoms with E-state index in [0.717, 1.165) is 27.7 Å². The second-order valence-corrected chi connectivity index (χ2v) is 7.78. The Bertz CT molecular complexity index is 1190. The SMILES string of the molecule is Cc1cc(C(F)(F)F)nn1CC(=O)Nc1cnc(-n2cnc([C@@H]3CCC(F)(F)CN3)n2)c(F)c1. The molecule has 1 aliphatic heterocycles. The number of hydrogen-bond acceptors (Lipinski definition) is 6. The highest BCUT2D eigenvalue weighted by molar-refractivity contribution is 5.90. The van der Waals surface area contributed by atoms with Crippen LogP contribution in [0.2, 0.25) is 0 Å². The maximum atomic E-state index is 14.6. The minimum atomic E-state index is -4.64. The number of hydrogen-bond donors (Lipinski definition) is 2. The zero-order valence-corrected chi connectivity index (χ0v) is 17.6. The van der Waals surface area contributed by atoms with Gasteiger partial charge in [-0.25, -0.2) is 23.1 Å². The van der Waals surface area contributed by atoms with E-state index < -0.39 is 48.6 Å². The number of pyridine rings is 1. The molecule has 3 aromatic rings. The lowest BCUT2D eigenvalue weighted by molar-refractivity contribution is -0.141. The first-order valence-electron chi connectivity index (χ1n) is 10.0. The van der Waals surface area contributed by atoms with Gasteiger partial charge in [0.1, 0.15) is 12.9 Å². The fourth-order valence-corrected chi connectivity index (χ4v) is 3.39. The van der Waals surface area contributed by atoms with Crippen molar-refractivity contribution in [2.75, 3.05) is 11.9 Å². The fraction of sp³-hybridized carbons (Fsp3) is 0.421. The molecule has 0 bridgehead atoms. The van der Waals surface area contributed by atoms with Crippen LogP contribution in [0, 0.1) is 12.7 Å². The number of nitrogens with zero attached hydrogens (tertiary/aromatic N) is 6. The van der Waals surface area contributed by atoms with Crippen LogP contribution in [0.4, 0.5) is 32.0 Å². The van der Waals surface area contributed by atoms with Gasteiger partial charge in [-0.15, -0.1) is 5.10 Å². The molecule has 4 rings (SSSR count). The molecule has 0 spiro atoms. The number of anilines is 1. The van der Waals surface area contributed by atoms with E-state index in [-0.39, 0.29) is 35.9 Å². The van der Waals surface area contributed by atoms with Crippen LogP contribution in [0.1, 0.15) is 36.1 Å². The molecule has 1 fully saturated rings. The van der Waals surface area contributed by atoms with Gasteiger partial charge >= 0.3 is 6.18 Å². The third-order valence-electron chi connectivity index (χ3n) is 5.11. The van der Waals surface area contributed by atoms with Crippen LogP contribution in [0.25, 0.3) is 5.82 Å². The summed E-state index contributed by atoms with van der Waals surface area (Å²) >= 11 is 0. The minimum absolute atomic E-state index is 0.0383. The van der Waals surface area contributed by atoms with Gasteiger partial charge in [-0.2, -0.15) is 23.0 Å². The molecule has 1 aliphatic rings. The van der Waals surface area contributed by atoms with Crippen molar-refractivity contribution in [1.29, 1.82) is 0 Å². The molecule has 0 aromatic carbocycles. The standard InChI is InChI=1S/C19H18F6N8O/c1-10-4-14(19(23,24)25)30-32(10)7-15(34)29-11-5-12(20)17(26-6-11)33-9-28-16(31-33)13-2-3-18(21,22)8-27-13/h4-6,9,13,27H,2-3,7-8H2,1H3,(H,29,34)/t13-/m0/s1. The Morgan fingerprint density at radius 1 is 1.26 bits per heavy atom. The summed E-state index contributed by atoms with van der Waals surface area (Å²) in [7, 11) is 0. The summed E-state index contributed by atoms with van der Waals surface area (Å²) in [5, 5.41) is 12.4. The zero-order valence-electron chi connectivity index (χ0n) is 17.6. The molecular formula is C19H18F6N8O. The number of piperidine rings is 1. The lowest BCUT2D eigenvalue weighted by atomic mass is 10.0. The summed E-state index contributed by atoms with van der Waals surface area (Å²) in [6.45, 7) is 0.334. The Labute approximate surface area is 188 Å². The quantitative estimate of drug-likeness (QED) is 0.536. The maximum absolute atomic E-state index is 14.6. The molecule has 182 valence electrons. The lowest BCUT2D eigenvalue weighted by Crippen LogP contribution is -2.41. The number of aryl methyl sites for hydroxylation is 1. The number of nitrogens with one attached hydrogen (secondary N) is 2. The van der Waals surface area contributed by atoms with Crippen molar-refractivity contribution in [2.24, 2.45) is 0 Å². The average Bonchev–Trinajstić information content (AvgIpc) is 3.35. The Morgan fingerprint density at radius 2 is 2.03 bits per heavy atom. The monoisotopic (exact) mass is 488 g/mol. The summed E-state index contributed by atoms with van der Waals surface area (Å²) in [5.74, 6) is -4.44. The number of amides is 1. The number of carbonyl (C=O) groups excluding carboxylic acids is 1. The first-order chi connectivity index (χ1) is 15.9. The van der Waals surface area contributed by atoms with E-state index in [0.29, 0.717) is 0 Å². The van der Waals surface area contributed by atoms with E-state index in [1.54, 1.807) is 0 Å². The molecule has 2 N–H and O–H groups in total. The Kier molecular flexibility index (Phi) is 6.05. The number of alkyl halides is 5. The van der Waals surface area contributed by atoms with Gasteiger partial charge in [0, 0.05) is 18.2 Å². The third-order valence-corrected chi connectivity index (χ3v) is 5.11. The largest absolute Gasteiger partial charge is 0.435 e. The van der Waals surface area contributed by atoms with Gasteiger partial charge in [0.2, 0.25) is 5.91 Å². The van der Waals surface area contributed by atoms with Crippen molar-refractivity contribution < 1.29 is 31.1 Å². The summed E-state index contributed by atoms with van der Waals surface area (Å²) in [6, 6.07) is 1.26. The van der Waals surface area contributed by atoms with Crippen LogP contribution < -0.4 is 10.6 Å². The van der Waals surface area contributed by atoms with Crippen molar-refractivity contribution >= 4 is 11.6 Å². The molecule has 0 aliphatic carbocycles. The maximum Gasteiger partial charge on any atom is 0.435 e. The Hall–Kier alpha value is -3.49. The van der Waals surface area contributed by atoms with Crippen LogP contribution in [-0.4, -0.2) is 47.9 Å². The van der Waals surface area contributed by atoms with E-state index in [2.05, 4.69) is 30.8 Å². The average molecular weight is 488 g/mol. The van der Waals surface area contributed by atoms with Gasteiger partial charge in [0.25, 0.3) is 5.92 Å². The highest BCUT2D eigenvalue weighted by Crippen LogP contribution is 2.30. The molecule has 4 heterocycles. The molecule has 3 aromatic heterocycles. The van der Waals surface area contributed by atoms with Crippen LogP contribution >= 0.6 is 0 Å². The topological polar surface area (TPSA) is 103 Å². The summed E-state index contributed by atoms with van der Waals surface area (Å²) in [5.41, 5.74) is -1.04. The third kappa shape index (κ3) is 5.18. The molecule has 1 atom stereocenters. The van der Waals surface area contributed by atoms with E-state index in [9.17, 15) is 31.1 Å². The Morgan fingerprint density at radius 3 is 2.65 bits per heavy atom. The predicted molar refractivity (Wildman–Crippen MR) is 105 cm³/mol. The van der Waals surface area contributed by atoms with Gasteiger partial charge in [-0.1, -0.05) is 0 Å². The summed E-state index contributed by atoms with van der Waals surface area (Å²) < 4.78 is 81.4. The molecule has 9 nitrogen and oxygen atoms in total. The fourth-order valence-electron chi connectivity index (χ4n) is 3.39. The zero-order chi connectivity index (χ0) is 24.7. The Balaban J connectivity index is 1.41. The van der Waals surface area contributed by atoms with Crippen LogP contribution in [0.15, 0.2) is 24.7 Å². The summed E-state index contributed by atoms with van der Waals surface area (Å²) in [6.07, 6.45) is -2.54. The lowest BCUT2D eigenvalue weighted by Gasteiger charge is -2.27. The second-order valence-electron chi connectivity index (χ2n) is 7.78. The normalized spacial score (nSPS) is 18.1. The first kappa shape index (κ1) is 23.7. The number of rotatable bonds is 5. The highest BCUT2D eigenvalue weighted by Gasteiger charge is 2.36. The molecular weight excluding hydrogens is 470 g/mol. The number of aromatic nitrogens is 6. The van der Waals surface area contributed by atoms with Gasteiger partial charge < -0.3 is 10.6 Å². The van der Waals surface area contributed by atoms with Gasteiger partial charge in [0.05, 0.1) is 24.5 Å². The van der Waals surface area contributed by atoms with Gasteiger partial charge in [-0.05, 0) is 19.4 Å². The predicted octanol–water partition coefficient (Wildman–Crippen LogP) is 3.02. The smallest absolute Gasteiger partial charge is 0.323 e. The van der Waals surface area contributed by atoms with Crippen LogP contribution in [0.3, 0.4) is 0 Å². The minimum Gasteiger partial charge on any atom is -0.323 e. The van der Waals surface area contributed by atoms with Crippen molar-refractivity contribution in [3.05, 3.63) is 47.7 Å². The van der Waals surface area contributed by atoms with E-state index in [4.69, 9.17) is 0 Å². The van der Waals surface area contributed by atoms with Crippen molar-refractivity contribution in [2.45, 2.75) is 44.5 Å². The van der Waals surface area contributed by atoms with Crippen molar-refractivity contribution in [3.63, 3.8) is 0 Å². The van der Waals surface area contributed by atoms with Gasteiger partial charge in [-0.3, -0.25) is 9.48 Å². The van der Waals surface area contributed by atoms with Crippen LogP contribution in [0.5, 0.6) is 0 Å². The molecule has 34 heavy (non-hydrogen) atoms. The molecule has 0 radical (unpaired) electrons. The molecule has 0 unspecified atom stereocenters. The molecule has 0 saturated carbocycles. The highest BCUT2D eigenvalue weighted by atomic mass is 19.4. The van der Waals surface area contributed by atoms with E-state index >= 15 is 0 Å². The first-order valence-corrected chi connectivity index (χ1v) is 10.0. The number of carbonyl (C=O) groups is 1. The van der Waals surface area contributed by atoms with Crippen LogP contribution in [-0.2, 0) is 17.5 Å². The molecule has 15 heteroatoms.